The van der Waals surface area contributed by atoms with E-state index in [-0.39, 0.29) is 11.5 Å². The van der Waals surface area contributed by atoms with E-state index in [4.69, 9.17) is 11.6 Å². The Morgan fingerprint density at radius 3 is 2.52 bits per heavy atom. The Balaban J connectivity index is 1.78. The van der Waals surface area contributed by atoms with E-state index < -0.39 is 6.10 Å². The van der Waals surface area contributed by atoms with Crippen LogP contribution in [0, 0.1) is 0 Å². The molecule has 0 atom stereocenters. The zero-order valence-corrected chi connectivity index (χ0v) is 16.4. The van der Waals surface area contributed by atoms with E-state index in [1.807, 2.05) is 48.5 Å². The van der Waals surface area contributed by atoms with Gasteiger partial charge in [-0.25, -0.2) is 0 Å². The SMILES string of the molecule is O=C(c1cc(-c2ccccc2)c(=O)n2c1-c1cc(Cl)ccc1CC2)N1CC(O)C1. The van der Waals surface area contributed by atoms with Crippen molar-refractivity contribution in [1.29, 1.82) is 0 Å². The van der Waals surface area contributed by atoms with Crippen molar-refractivity contribution in [3.05, 3.63) is 81.1 Å². The van der Waals surface area contributed by atoms with Crippen LogP contribution < -0.4 is 5.56 Å². The van der Waals surface area contributed by atoms with Gasteiger partial charge < -0.3 is 14.6 Å². The van der Waals surface area contributed by atoms with Gasteiger partial charge >= 0.3 is 0 Å². The molecular weight excluding hydrogens is 388 g/mol. The highest BCUT2D eigenvalue weighted by Gasteiger charge is 2.33. The summed E-state index contributed by atoms with van der Waals surface area (Å²) < 4.78 is 1.70. The number of halogens is 1. The third-order valence-electron chi connectivity index (χ3n) is 5.69. The molecule has 0 saturated carbocycles. The number of hydrogen-bond acceptors (Lipinski definition) is 3. The van der Waals surface area contributed by atoms with Gasteiger partial charge in [0.2, 0.25) is 0 Å². The third-order valence-corrected chi connectivity index (χ3v) is 5.92. The smallest absolute Gasteiger partial charge is 0.258 e. The van der Waals surface area contributed by atoms with Crippen LogP contribution in [-0.2, 0) is 13.0 Å². The molecule has 2 aliphatic rings. The van der Waals surface area contributed by atoms with Crippen molar-refractivity contribution >= 4 is 17.5 Å². The molecular formula is C23H19ClN2O3. The summed E-state index contributed by atoms with van der Waals surface area (Å²) in [6.07, 6.45) is 0.213. The van der Waals surface area contributed by atoms with Crippen LogP contribution >= 0.6 is 11.6 Å². The first kappa shape index (κ1) is 18.2. The van der Waals surface area contributed by atoms with Crippen molar-refractivity contribution in [3.63, 3.8) is 0 Å². The molecule has 6 heteroatoms. The number of benzene rings is 2. The van der Waals surface area contributed by atoms with Gasteiger partial charge in [-0.2, -0.15) is 0 Å². The monoisotopic (exact) mass is 406 g/mol. The van der Waals surface area contributed by atoms with E-state index in [9.17, 15) is 14.7 Å². The van der Waals surface area contributed by atoms with Crippen LogP contribution in [0.1, 0.15) is 15.9 Å². The highest BCUT2D eigenvalue weighted by atomic mass is 35.5. The zero-order valence-electron chi connectivity index (χ0n) is 15.6. The standard InChI is InChI=1S/C23H19ClN2O3/c24-16-7-6-15-8-9-26-21(18(15)10-16)20(22(28)25-12-17(27)13-25)11-19(23(26)29)14-4-2-1-3-5-14/h1-7,10-11,17,27H,8-9,12-13H2. The first-order valence-corrected chi connectivity index (χ1v) is 10.00. The lowest BCUT2D eigenvalue weighted by Gasteiger charge is -2.37. The van der Waals surface area contributed by atoms with Gasteiger partial charge in [-0.15, -0.1) is 0 Å². The molecule has 1 fully saturated rings. The number of aliphatic hydroxyl groups is 1. The number of β-amino-alcohol motifs (C(OH)–C–C–N with tert-alkyl or cyclic N) is 1. The molecule has 1 saturated heterocycles. The van der Waals surface area contributed by atoms with Crippen molar-refractivity contribution < 1.29 is 9.90 Å². The number of rotatable bonds is 2. The number of carbonyl (C=O) groups is 1. The van der Waals surface area contributed by atoms with Gasteiger partial charge in [-0.05, 0) is 35.7 Å². The summed E-state index contributed by atoms with van der Waals surface area (Å²) >= 11 is 6.25. The Morgan fingerprint density at radius 2 is 1.79 bits per heavy atom. The van der Waals surface area contributed by atoms with Gasteiger partial charge in [0.05, 0.1) is 17.4 Å². The molecule has 5 rings (SSSR count). The Bertz CT molecular complexity index is 1180. The van der Waals surface area contributed by atoms with E-state index in [1.54, 1.807) is 15.5 Å². The summed E-state index contributed by atoms with van der Waals surface area (Å²) in [5, 5.41) is 10.2. The minimum atomic E-state index is -0.489. The molecule has 146 valence electrons. The second-order valence-corrected chi connectivity index (χ2v) is 7.99. The largest absolute Gasteiger partial charge is 0.389 e. The minimum absolute atomic E-state index is 0.114. The molecule has 3 aromatic rings. The molecule has 29 heavy (non-hydrogen) atoms. The number of fused-ring (bicyclic) bond motifs is 3. The number of nitrogens with zero attached hydrogens (tertiary/aromatic N) is 2. The lowest BCUT2D eigenvalue weighted by Crippen LogP contribution is -2.53. The fraction of sp³-hybridized carbons (Fsp3) is 0.217. The van der Waals surface area contributed by atoms with E-state index >= 15 is 0 Å². The molecule has 0 spiro atoms. The summed E-state index contributed by atoms with van der Waals surface area (Å²) in [6, 6.07) is 16.7. The van der Waals surface area contributed by atoms with Gasteiger partial charge in [0.1, 0.15) is 0 Å². The fourth-order valence-corrected chi connectivity index (χ4v) is 4.34. The molecule has 2 aromatic carbocycles. The number of likely N-dealkylation sites (tertiary alicyclic amines) is 1. The van der Waals surface area contributed by atoms with E-state index in [0.717, 1.165) is 16.7 Å². The highest BCUT2D eigenvalue weighted by molar-refractivity contribution is 6.31. The van der Waals surface area contributed by atoms with Crippen molar-refractivity contribution in [2.75, 3.05) is 13.1 Å². The van der Waals surface area contributed by atoms with Crippen LogP contribution in [0.15, 0.2) is 59.4 Å². The molecule has 0 aliphatic carbocycles. The topological polar surface area (TPSA) is 62.5 Å². The van der Waals surface area contributed by atoms with Crippen LogP contribution in [0.25, 0.3) is 22.4 Å². The quantitative estimate of drug-likeness (QED) is 0.710. The van der Waals surface area contributed by atoms with Gasteiger partial charge in [0.25, 0.3) is 11.5 Å². The van der Waals surface area contributed by atoms with Crippen molar-refractivity contribution in [2.24, 2.45) is 0 Å². The molecule has 1 amide bonds. The van der Waals surface area contributed by atoms with E-state index in [1.165, 1.54) is 0 Å². The maximum Gasteiger partial charge on any atom is 0.258 e. The molecule has 0 unspecified atom stereocenters. The van der Waals surface area contributed by atoms with Crippen LogP contribution in [0.5, 0.6) is 0 Å². The normalized spacial score (nSPS) is 15.4. The number of pyridine rings is 1. The van der Waals surface area contributed by atoms with Crippen molar-refractivity contribution in [1.82, 2.24) is 9.47 Å². The van der Waals surface area contributed by atoms with Crippen LogP contribution in [0.2, 0.25) is 5.02 Å². The van der Waals surface area contributed by atoms with Gasteiger partial charge in [0.15, 0.2) is 0 Å². The number of carbonyl (C=O) groups excluding carboxylic acids is 1. The molecule has 2 aliphatic heterocycles. The number of aromatic nitrogens is 1. The lowest BCUT2D eigenvalue weighted by molar-refractivity contribution is 0.00589. The van der Waals surface area contributed by atoms with Gasteiger partial charge in [0, 0.05) is 35.8 Å². The fourth-order valence-electron chi connectivity index (χ4n) is 4.17. The number of hydrogen-bond donors (Lipinski definition) is 1. The molecule has 3 heterocycles. The molecule has 5 nitrogen and oxygen atoms in total. The lowest BCUT2D eigenvalue weighted by atomic mass is 9.91. The predicted molar refractivity (Wildman–Crippen MR) is 112 cm³/mol. The van der Waals surface area contributed by atoms with Gasteiger partial charge in [-0.1, -0.05) is 48.0 Å². The summed E-state index contributed by atoms with van der Waals surface area (Å²) in [5.74, 6) is -0.177. The molecule has 1 N–H and O–H groups in total. The molecule has 0 bridgehead atoms. The van der Waals surface area contributed by atoms with Gasteiger partial charge in [-0.3, -0.25) is 9.59 Å². The maximum atomic E-state index is 13.4. The number of amides is 1. The summed E-state index contributed by atoms with van der Waals surface area (Å²) in [7, 11) is 0. The highest BCUT2D eigenvalue weighted by Crippen LogP contribution is 2.35. The Morgan fingerprint density at radius 1 is 1.03 bits per heavy atom. The second kappa shape index (κ2) is 6.87. The Hall–Kier alpha value is -2.89. The summed E-state index contributed by atoms with van der Waals surface area (Å²) in [5.41, 5.74) is 4.15. The predicted octanol–water partition coefficient (Wildman–Crippen LogP) is 3.21. The Kier molecular flexibility index (Phi) is 4.30. The van der Waals surface area contributed by atoms with Crippen LogP contribution in [0.3, 0.4) is 0 Å². The average Bonchev–Trinajstić information content (AvgIpc) is 2.71. The molecule has 0 radical (unpaired) electrons. The van der Waals surface area contributed by atoms with Crippen LogP contribution in [-0.4, -0.2) is 39.7 Å². The number of aryl methyl sites for hydroxylation is 1. The third kappa shape index (κ3) is 2.98. The summed E-state index contributed by atoms with van der Waals surface area (Å²) in [4.78, 5) is 28.3. The Labute approximate surface area is 172 Å². The first-order chi connectivity index (χ1) is 14.0. The van der Waals surface area contributed by atoms with E-state index in [0.29, 0.717) is 47.9 Å². The first-order valence-electron chi connectivity index (χ1n) is 9.62. The molecule has 1 aromatic heterocycles. The minimum Gasteiger partial charge on any atom is -0.389 e. The number of aliphatic hydroxyl groups excluding tert-OH is 1. The van der Waals surface area contributed by atoms with Crippen molar-refractivity contribution in [2.45, 2.75) is 19.1 Å². The second-order valence-electron chi connectivity index (χ2n) is 7.56. The summed E-state index contributed by atoms with van der Waals surface area (Å²) in [6.45, 7) is 1.12. The van der Waals surface area contributed by atoms with Crippen LogP contribution in [0.4, 0.5) is 0 Å². The maximum absolute atomic E-state index is 13.4. The van der Waals surface area contributed by atoms with E-state index in [2.05, 4.69) is 0 Å². The average molecular weight is 407 g/mol. The van der Waals surface area contributed by atoms with Crippen molar-refractivity contribution in [3.8, 4) is 22.4 Å². The zero-order chi connectivity index (χ0) is 20.1.